The molecule has 0 bridgehead atoms. The zero-order chi connectivity index (χ0) is 22.1. The van der Waals surface area contributed by atoms with Crippen molar-refractivity contribution in [2.45, 2.75) is 13.5 Å². The summed E-state index contributed by atoms with van der Waals surface area (Å²) in [5.41, 5.74) is 1.04. The molecule has 1 N–H and O–H groups in total. The van der Waals surface area contributed by atoms with E-state index in [9.17, 15) is 9.59 Å². The number of amides is 1. The van der Waals surface area contributed by atoms with Crippen LogP contribution in [0.4, 0.5) is 0 Å². The summed E-state index contributed by atoms with van der Waals surface area (Å²) < 4.78 is 17.3. The maximum absolute atomic E-state index is 12.4. The highest BCUT2D eigenvalue weighted by atomic mass is 16.5. The zero-order valence-electron chi connectivity index (χ0n) is 17.5. The molecule has 1 aromatic heterocycles. The minimum Gasteiger partial charge on any atom is -0.497 e. The number of methoxy groups -OCH3 is 1. The topological polar surface area (TPSA) is 91.7 Å². The molecule has 0 aliphatic rings. The van der Waals surface area contributed by atoms with Crippen LogP contribution in [-0.2, 0) is 11.3 Å². The normalized spacial score (nSPS) is 10.4. The molecule has 2 aromatic carbocycles. The van der Waals surface area contributed by atoms with Gasteiger partial charge in [-0.15, -0.1) is 0 Å². The second-order valence-corrected chi connectivity index (χ2v) is 6.57. The Morgan fingerprint density at radius 3 is 2.29 bits per heavy atom. The van der Waals surface area contributed by atoms with E-state index < -0.39 is 0 Å². The molecule has 0 aliphatic carbocycles. The molecule has 31 heavy (non-hydrogen) atoms. The van der Waals surface area contributed by atoms with Crippen LogP contribution in [0.2, 0.25) is 0 Å². The molecule has 0 spiro atoms. The van der Waals surface area contributed by atoms with Gasteiger partial charge < -0.3 is 19.5 Å². The average molecular weight is 423 g/mol. The van der Waals surface area contributed by atoms with Crippen molar-refractivity contribution in [2.75, 3.05) is 26.9 Å². The lowest BCUT2D eigenvalue weighted by Crippen LogP contribution is -2.34. The third-order valence-electron chi connectivity index (χ3n) is 4.41. The zero-order valence-corrected chi connectivity index (χ0v) is 17.5. The van der Waals surface area contributed by atoms with E-state index >= 15 is 0 Å². The van der Waals surface area contributed by atoms with Gasteiger partial charge in [0.15, 0.2) is 0 Å². The molecule has 8 nitrogen and oxygen atoms in total. The van der Waals surface area contributed by atoms with Crippen LogP contribution in [0.1, 0.15) is 6.92 Å². The van der Waals surface area contributed by atoms with Crippen molar-refractivity contribution in [3.63, 3.8) is 0 Å². The highest BCUT2D eigenvalue weighted by Gasteiger charge is 2.07. The summed E-state index contributed by atoms with van der Waals surface area (Å²) >= 11 is 0. The molecule has 1 amide bonds. The SMILES string of the molecule is CCOc1ccc(-c2cc(=O)n(CC(=O)NCCOc3ccc(OC)cc3)cn2)cc1. The maximum Gasteiger partial charge on any atom is 0.254 e. The Bertz CT molecular complexity index is 1050. The molecule has 0 aliphatic heterocycles. The standard InChI is InChI=1S/C23H25N3O5/c1-3-30-19-6-4-17(5-7-19)21-14-23(28)26(16-25-21)15-22(27)24-12-13-31-20-10-8-18(29-2)9-11-20/h4-11,14,16H,3,12-13,15H2,1-2H3,(H,24,27). The summed E-state index contributed by atoms with van der Waals surface area (Å²) in [6, 6.07) is 15.9. The van der Waals surface area contributed by atoms with Crippen LogP contribution < -0.4 is 25.1 Å². The van der Waals surface area contributed by atoms with Gasteiger partial charge in [-0.1, -0.05) is 0 Å². The number of hydrogen-bond acceptors (Lipinski definition) is 6. The fourth-order valence-corrected chi connectivity index (χ4v) is 2.83. The molecule has 3 rings (SSSR count). The first-order valence-corrected chi connectivity index (χ1v) is 9.92. The summed E-state index contributed by atoms with van der Waals surface area (Å²) in [5, 5.41) is 2.73. The van der Waals surface area contributed by atoms with Gasteiger partial charge in [0.1, 0.15) is 30.4 Å². The van der Waals surface area contributed by atoms with Crippen molar-refractivity contribution >= 4 is 5.91 Å². The van der Waals surface area contributed by atoms with Gasteiger partial charge in [-0.3, -0.25) is 14.2 Å². The molecular formula is C23H25N3O5. The molecule has 1 heterocycles. The molecule has 8 heteroatoms. The van der Waals surface area contributed by atoms with Crippen LogP contribution >= 0.6 is 0 Å². The van der Waals surface area contributed by atoms with Gasteiger partial charge in [0.25, 0.3) is 5.56 Å². The number of carbonyl (C=O) groups excluding carboxylic acids is 1. The second-order valence-electron chi connectivity index (χ2n) is 6.57. The lowest BCUT2D eigenvalue weighted by Gasteiger charge is -2.10. The molecule has 0 unspecified atom stereocenters. The monoisotopic (exact) mass is 423 g/mol. The first kappa shape index (κ1) is 21.9. The summed E-state index contributed by atoms with van der Waals surface area (Å²) in [7, 11) is 1.60. The lowest BCUT2D eigenvalue weighted by molar-refractivity contribution is -0.121. The Kier molecular flexibility index (Phi) is 7.64. The van der Waals surface area contributed by atoms with Crippen LogP contribution in [0.15, 0.2) is 65.7 Å². The van der Waals surface area contributed by atoms with E-state index in [4.69, 9.17) is 14.2 Å². The number of nitrogens with zero attached hydrogens (tertiary/aromatic N) is 2. The van der Waals surface area contributed by atoms with Crippen LogP contribution in [0.5, 0.6) is 17.2 Å². The highest BCUT2D eigenvalue weighted by Crippen LogP contribution is 2.19. The van der Waals surface area contributed by atoms with Gasteiger partial charge in [0.2, 0.25) is 5.91 Å². The van der Waals surface area contributed by atoms with Gasteiger partial charge in [-0.2, -0.15) is 0 Å². The quantitative estimate of drug-likeness (QED) is 0.504. The molecular weight excluding hydrogens is 398 g/mol. The first-order chi connectivity index (χ1) is 15.1. The third-order valence-corrected chi connectivity index (χ3v) is 4.41. The lowest BCUT2D eigenvalue weighted by atomic mass is 10.1. The Hall–Kier alpha value is -3.81. The fourth-order valence-electron chi connectivity index (χ4n) is 2.83. The Morgan fingerprint density at radius 1 is 1.00 bits per heavy atom. The van der Waals surface area contributed by atoms with E-state index in [1.165, 1.54) is 17.0 Å². The van der Waals surface area contributed by atoms with E-state index in [2.05, 4.69) is 10.3 Å². The average Bonchev–Trinajstić information content (AvgIpc) is 2.79. The van der Waals surface area contributed by atoms with Gasteiger partial charge in [-0.25, -0.2) is 4.98 Å². The number of nitrogens with one attached hydrogen (secondary N) is 1. The number of rotatable bonds is 10. The highest BCUT2D eigenvalue weighted by molar-refractivity contribution is 5.75. The number of ether oxygens (including phenoxy) is 3. The van der Waals surface area contributed by atoms with E-state index in [1.54, 1.807) is 31.4 Å². The predicted molar refractivity (Wildman–Crippen MR) is 117 cm³/mol. The summed E-state index contributed by atoms with van der Waals surface area (Å²) in [5.74, 6) is 1.89. The molecule has 0 atom stereocenters. The number of hydrogen-bond donors (Lipinski definition) is 1. The first-order valence-electron chi connectivity index (χ1n) is 9.92. The van der Waals surface area contributed by atoms with E-state index in [1.807, 2.05) is 31.2 Å². The van der Waals surface area contributed by atoms with Gasteiger partial charge in [0.05, 0.1) is 32.3 Å². The summed E-state index contributed by atoms with van der Waals surface area (Å²) in [6.45, 7) is 3.01. The smallest absolute Gasteiger partial charge is 0.254 e. The van der Waals surface area contributed by atoms with E-state index in [0.29, 0.717) is 31.2 Å². The van der Waals surface area contributed by atoms with Crippen LogP contribution in [0.25, 0.3) is 11.3 Å². The largest absolute Gasteiger partial charge is 0.497 e. The Morgan fingerprint density at radius 2 is 1.65 bits per heavy atom. The number of aromatic nitrogens is 2. The molecule has 0 fully saturated rings. The van der Waals surface area contributed by atoms with Crippen LogP contribution in [-0.4, -0.2) is 42.3 Å². The van der Waals surface area contributed by atoms with Crippen molar-refractivity contribution in [3.05, 3.63) is 71.3 Å². The van der Waals surface area contributed by atoms with Crippen LogP contribution in [0.3, 0.4) is 0 Å². The second kappa shape index (κ2) is 10.8. The summed E-state index contributed by atoms with van der Waals surface area (Å²) in [4.78, 5) is 28.8. The molecule has 3 aromatic rings. The van der Waals surface area contributed by atoms with E-state index in [0.717, 1.165) is 17.1 Å². The van der Waals surface area contributed by atoms with Crippen molar-refractivity contribution in [2.24, 2.45) is 0 Å². The third kappa shape index (κ3) is 6.33. The van der Waals surface area contributed by atoms with Crippen molar-refractivity contribution in [1.29, 1.82) is 0 Å². The maximum atomic E-state index is 12.4. The van der Waals surface area contributed by atoms with Crippen molar-refractivity contribution in [3.8, 4) is 28.5 Å². The fraction of sp³-hybridized carbons (Fsp3) is 0.261. The number of carbonyl (C=O) groups is 1. The minimum atomic E-state index is -0.302. The van der Waals surface area contributed by atoms with Crippen molar-refractivity contribution < 1.29 is 19.0 Å². The van der Waals surface area contributed by atoms with Gasteiger partial charge in [-0.05, 0) is 55.5 Å². The van der Waals surface area contributed by atoms with Gasteiger partial charge in [0, 0.05) is 11.6 Å². The molecule has 162 valence electrons. The van der Waals surface area contributed by atoms with Crippen LogP contribution in [0, 0.1) is 0 Å². The van der Waals surface area contributed by atoms with Gasteiger partial charge >= 0.3 is 0 Å². The van der Waals surface area contributed by atoms with E-state index in [-0.39, 0.29) is 18.0 Å². The number of benzene rings is 2. The minimum absolute atomic E-state index is 0.113. The Labute approximate surface area is 180 Å². The Balaban J connectivity index is 1.48. The molecule has 0 radical (unpaired) electrons. The molecule has 0 saturated carbocycles. The van der Waals surface area contributed by atoms with Crippen molar-refractivity contribution in [1.82, 2.24) is 14.9 Å². The summed E-state index contributed by atoms with van der Waals surface area (Å²) in [6.07, 6.45) is 1.38. The molecule has 0 saturated heterocycles. The predicted octanol–water partition coefficient (Wildman–Crippen LogP) is 2.51.